The van der Waals surface area contributed by atoms with E-state index >= 15 is 0 Å². The van der Waals surface area contributed by atoms with E-state index in [1.165, 1.54) is 11.3 Å². The van der Waals surface area contributed by atoms with E-state index in [9.17, 15) is 14.7 Å². The highest BCUT2D eigenvalue weighted by Gasteiger charge is 2.50. The summed E-state index contributed by atoms with van der Waals surface area (Å²) in [6, 6.07) is 9.82. The van der Waals surface area contributed by atoms with Crippen LogP contribution >= 0.6 is 0 Å². The molecule has 2 aromatic rings. The maximum Gasteiger partial charge on any atom is 0.408 e. The number of amides is 2. The third-order valence-corrected chi connectivity index (χ3v) is 8.04. The van der Waals surface area contributed by atoms with Gasteiger partial charge in [-0.2, -0.15) is 0 Å². The Morgan fingerprint density at radius 3 is 2.62 bits per heavy atom. The number of fused-ring (bicyclic) bond motifs is 2. The van der Waals surface area contributed by atoms with Crippen molar-refractivity contribution in [1.82, 2.24) is 15.4 Å². The Morgan fingerprint density at radius 2 is 1.94 bits per heavy atom. The largest absolute Gasteiger partial charge is 0.465 e. The minimum absolute atomic E-state index is 0.153. The van der Waals surface area contributed by atoms with Crippen LogP contribution in [0.2, 0.25) is 0 Å². The van der Waals surface area contributed by atoms with Crippen LogP contribution in [0.3, 0.4) is 0 Å². The molecule has 34 heavy (non-hydrogen) atoms. The van der Waals surface area contributed by atoms with Crippen LogP contribution in [0.4, 0.5) is 4.79 Å². The van der Waals surface area contributed by atoms with Gasteiger partial charge in [-0.25, -0.2) is 4.79 Å². The van der Waals surface area contributed by atoms with Crippen LogP contribution in [-0.2, 0) is 17.6 Å². The molecule has 0 spiro atoms. The first-order valence-electron chi connectivity index (χ1n) is 12.6. The van der Waals surface area contributed by atoms with Crippen molar-refractivity contribution >= 4 is 12.0 Å². The highest BCUT2D eigenvalue weighted by molar-refractivity contribution is 5.90. The normalized spacial score (nSPS) is 23.7. The zero-order chi connectivity index (χ0) is 24.3. The SMILES string of the molecule is Cc1noc(C)c1CC(C)(C(=O)NCCc1ccccc1)N(C(=O)O)C1CCC2CCCC1C2. The molecule has 0 saturated heterocycles. The molecule has 2 amide bonds. The Morgan fingerprint density at radius 1 is 1.18 bits per heavy atom. The van der Waals surface area contributed by atoms with Gasteiger partial charge in [0.15, 0.2) is 0 Å². The van der Waals surface area contributed by atoms with Crippen LogP contribution in [0.1, 0.15) is 68.0 Å². The Kier molecular flexibility index (Phi) is 7.29. The number of hydrogen-bond donors (Lipinski definition) is 2. The molecular formula is C27H37N3O4. The molecule has 2 saturated carbocycles. The summed E-state index contributed by atoms with van der Waals surface area (Å²) in [5.74, 6) is 1.38. The van der Waals surface area contributed by atoms with Crippen molar-refractivity contribution in [2.75, 3.05) is 6.54 Å². The quantitative estimate of drug-likeness (QED) is 0.576. The molecule has 4 atom stereocenters. The smallest absolute Gasteiger partial charge is 0.408 e. The third kappa shape index (κ3) is 4.98. The van der Waals surface area contributed by atoms with Crippen LogP contribution in [0.25, 0.3) is 0 Å². The molecule has 2 N–H and O–H groups in total. The number of rotatable bonds is 8. The lowest BCUT2D eigenvalue weighted by Gasteiger charge is -2.50. The highest BCUT2D eigenvalue weighted by atomic mass is 16.5. The van der Waals surface area contributed by atoms with Gasteiger partial charge in [-0.15, -0.1) is 0 Å². The summed E-state index contributed by atoms with van der Waals surface area (Å²) in [5.41, 5.74) is 1.38. The van der Waals surface area contributed by atoms with Crippen LogP contribution < -0.4 is 5.32 Å². The van der Waals surface area contributed by atoms with E-state index in [1.807, 2.05) is 44.2 Å². The lowest BCUT2D eigenvalue weighted by atomic mass is 9.68. The number of benzene rings is 1. The van der Waals surface area contributed by atoms with E-state index in [1.54, 1.807) is 6.92 Å². The molecule has 0 aliphatic heterocycles. The number of nitrogens with one attached hydrogen (secondary N) is 1. The average molecular weight is 468 g/mol. The maximum absolute atomic E-state index is 13.8. The summed E-state index contributed by atoms with van der Waals surface area (Å²) >= 11 is 0. The van der Waals surface area contributed by atoms with Crippen molar-refractivity contribution in [3.05, 3.63) is 52.9 Å². The first-order valence-corrected chi connectivity index (χ1v) is 12.6. The molecule has 1 aromatic heterocycles. The van der Waals surface area contributed by atoms with E-state index in [0.29, 0.717) is 36.3 Å². The van der Waals surface area contributed by atoms with Crippen LogP contribution in [0.15, 0.2) is 34.9 Å². The number of carbonyl (C=O) groups excluding carboxylic acids is 1. The molecule has 4 unspecified atom stereocenters. The Labute approximate surface area is 201 Å². The summed E-state index contributed by atoms with van der Waals surface area (Å²) in [5, 5.41) is 17.6. The summed E-state index contributed by atoms with van der Waals surface area (Å²) < 4.78 is 5.36. The second kappa shape index (κ2) is 10.2. The molecule has 7 nitrogen and oxygen atoms in total. The fraction of sp³-hybridized carbons (Fsp3) is 0.593. The first kappa shape index (κ1) is 24.3. The van der Waals surface area contributed by atoms with Gasteiger partial charge in [0, 0.05) is 24.6 Å². The monoisotopic (exact) mass is 467 g/mol. The number of aryl methyl sites for hydroxylation is 2. The molecule has 2 bridgehead atoms. The molecule has 2 aliphatic carbocycles. The number of aromatic nitrogens is 1. The minimum atomic E-state index is -1.27. The van der Waals surface area contributed by atoms with Crippen molar-refractivity contribution in [3.63, 3.8) is 0 Å². The van der Waals surface area contributed by atoms with E-state index in [0.717, 1.165) is 43.2 Å². The second-order valence-electron chi connectivity index (χ2n) is 10.3. The summed E-state index contributed by atoms with van der Waals surface area (Å²) in [7, 11) is 0. The lowest BCUT2D eigenvalue weighted by molar-refractivity contribution is -0.134. The van der Waals surface area contributed by atoms with Crippen LogP contribution in [0, 0.1) is 25.7 Å². The summed E-state index contributed by atoms with van der Waals surface area (Å²) in [6.07, 6.45) is 6.22. The van der Waals surface area contributed by atoms with Gasteiger partial charge in [0.1, 0.15) is 11.3 Å². The molecule has 0 radical (unpaired) electrons. The van der Waals surface area contributed by atoms with Crippen molar-refractivity contribution in [2.24, 2.45) is 11.8 Å². The maximum atomic E-state index is 13.8. The number of nitrogens with zero attached hydrogens (tertiary/aromatic N) is 2. The molecule has 2 fully saturated rings. The summed E-state index contributed by atoms with van der Waals surface area (Å²) in [6.45, 7) is 5.89. The Hall–Kier alpha value is -2.83. The van der Waals surface area contributed by atoms with Gasteiger partial charge in [-0.1, -0.05) is 48.3 Å². The van der Waals surface area contributed by atoms with Gasteiger partial charge in [0.25, 0.3) is 0 Å². The number of hydrogen-bond acceptors (Lipinski definition) is 4. The van der Waals surface area contributed by atoms with Gasteiger partial charge in [0.05, 0.1) is 5.69 Å². The Balaban J connectivity index is 1.62. The zero-order valence-electron chi connectivity index (χ0n) is 20.5. The minimum Gasteiger partial charge on any atom is -0.465 e. The predicted molar refractivity (Wildman–Crippen MR) is 130 cm³/mol. The van der Waals surface area contributed by atoms with Crippen LogP contribution in [-0.4, -0.2) is 45.3 Å². The van der Waals surface area contributed by atoms with Gasteiger partial charge < -0.3 is 14.9 Å². The van der Waals surface area contributed by atoms with E-state index in [4.69, 9.17) is 4.52 Å². The second-order valence-corrected chi connectivity index (χ2v) is 10.3. The van der Waals surface area contributed by atoms with E-state index < -0.39 is 11.6 Å². The first-order chi connectivity index (χ1) is 16.3. The molecular weight excluding hydrogens is 430 g/mol. The van der Waals surface area contributed by atoms with Crippen molar-refractivity contribution in [3.8, 4) is 0 Å². The van der Waals surface area contributed by atoms with E-state index in [2.05, 4.69) is 10.5 Å². The predicted octanol–water partition coefficient (Wildman–Crippen LogP) is 4.90. The third-order valence-electron chi connectivity index (χ3n) is 8.04. The molecule has 4 rings (SSSR count). The molecule has 7 heteroatoms. The van der Waals surface area contributed by atoms with E-state index in [-0.39, 0.29) is 18.4 Å². The fourth-order valence-corrected chi connectivity index (χ4v) is 6.17. The molecule has 1 aromatic carbocycles. The standard InChI is InChI=1S/C27H37N3O4/c1-18-23(19(2)34-29-18)17-27(3,25(31)28-15-14-20-8-5-4-6-9-20)30(26(32)33)24-13-12-21-10-7-11-22(24)16-21/h4-6,8-9,21-22,24H,7,10-17H2,1-3H3,(H,28,31)(H,32,33). The molecule has 2 aliphatic rings. The molecule has 184 valence electrons. The van der Waals surface area contributed by atoms with Crippen molar-refractivity contribution < 1.29 is 19.2 Å². The van der Waals surface area contributed by atoms with Gasteiger partial charge in [-0.3, -0.25) is 9.69 Å². The Bertz CT molecular complexity index is 985. The number of carbonyl (C=O) groups is 2. The van der Waals surface area contributed by atoms with Gasteiger partial charge in [0.2, 0.25) is 5.91 Å². The number of carboxylic acid groups (broad SMARTS) is 1. The average Bonchev–Trinajstić information content (AvgIpc) is 3.13. The van der Waals surface area contributed by atoms with Gasteiger partial charge >= 0.3 is 6.09 Å². The summed E-state index contributed by atoms with van der Waals surface area (Å²) in [4.78, 5) is 28.1. The zero-order valence-corrected chi connectivity index (χ0v) is 20.5. The topological polar surface area (TPSA) is 95.7 Å². The van der Waals surface area contributed by atoms with Crippen molar-refractivity contribution in [1.29, 1.82) is 0 Å². The van der Waals surface area contributed by atoms with Gasteiger partial charge in [-0.05, 0) is 70.3 Å². The van der Waals surface area contributed by atoms with Crippen molar-refractivity contribution in [2.45, 2.75) is 83.7 Å². The van der Waals surface area contributed by atoms with Crippen LogP contribution in [0.5, 0.6) is 0 Å². The highest BCUT2D eigenvalue weighted by Crippen LogP contribution is 2.44. The molecule has 1 heterocycles. The fourth-order valence-electron chi connectivity index (χ4n) is 6.17. The lowest BCUT2D eigenvalue weighted by Crippen LogP contribution is -2.65.